The fraction of sp³-hybridized carbons (Fsp3) is 0.250. The molecule has 0 aromatic heterocycles. The van der Waals surface area contributed by atoms with Gasteiger partial charge < -0.3 is 9.47 Å². The monoisotopic (exact) mass is 597 g/mol. The predicted molar refractivity (Wildman–Crippen MR) is 143 cm³/mol. The van der Waals surface area contributed by atoms with Crippen molar-refractivity contribution in [3.63, 3.8) is 0 Å². The lowest BCUT2D eigenvalue weighted by molar-refractivity contribution is -0.141. The summed E-state index contributed by atoms with van der Waals surface area (Å²) in [5, 5.41) is 0.118. The Hall–Kier alpha value is -3.57. The molecule has 212 valence electrons. The Morgan fingerprint density at radius 3 is 2.52 bits per heavy atom. The first-order chi connectivity index (χ1) is 19.0. The first-order valence-electron chi connectivity index (χ1n) is 12.0. The van der Waals surface area contributed by atoms with Crippen LogP contribution in [-0.4, -0.2) is 34.1 Å². The van der Waals surface area contributed by atoms with Gasteiger partial charge in [0.25, 0.3) is 22.9 Å². The Bertz CT molecular complexity index is 1530. The summed E-state index contributed by atoms with van der Waals surface area (Å²) < 4.78 is 92.8. The zero-order valence-electron chi connectivity index (χ0n) is 21.1. The Morgan fingerprint density at radius 2 is 1.82 bits per heavy atom. The first-order valence-corrected chi connectivity index (χ1v) is 13.9. The molecule has 1 aliphatic rings. The van der Waals surface area contributed by atoms with Gasteiger partial charge in [0, 0.05) is 28.1 Å². The number of carbonyl (C=O) groups excluding carboxylic acids is 1. The van der Waals surface area contributed by atoms with Crippen molar-refractivity contribution in [2.24, 2.45) is 0 Å². The van der Waals surface area contributed by atoms with Crippen LogP contribution in [0.15, 0.2) is 65.6 Å². The van der Waals surface area contributed by atoms with Gasteiger partial charge in [0.05, 0.1) is 24.2 Å². The van der Waals surface area contributed by atoms with Crippen LogP contribution in [0.2, 0.25) is 5.02 Å². The predicted octanol–water partition coefficient (Wildman–Crippen LogP) is 7.30. The lowest BCUT2D eigenvalue weighted by Gasteiger charge is -2.35. The van der Waals surface area contributed by atoms with Gasteiger partial charge in [0.2, 0.25) is 0 Å². The molecular formula is C28H24ClF4NO5S. The van der Waals surface area contributed by atoms with Crippen LogP contribution in [0.25, 0.3) is 12.2 Å². The molecule has 1 unspecified atom stereocenters. The summed E-state index contributed by atoms with van der Waals surface area (Å²) in [7, 11) is -3.13. The molecule has 3 aromatic rings. The van der Waals surface area contributed by atoms with Crippen LogP contribution in [0.3, 0.4) is 0 Å². The second-order valence-electron chi connectivity index (χ2n) is 8.87. The van der Waals surface area contributed by atoms with E-state index in [9.17, 15) is 30.8 Å². The number of rotatable bonds is 9. The van der Waals surface area contributed by atoms with Crippen molar-refractivity contribution < 1.29 is 40.2 Å². The fourth-order valence-electron chi connectivity index (χ4n) is 4.23. The molecular weight excluding hydrogens is 574 g/mol. The maximum atomic E-state index is 13.7. The van der Waals surface area contributed by atoms with Crippen LogP contribution in [0.5, 0.6) is 5.75 Å². The van der Waals surface area contributed by atoms with Gasteiger partial charge in [-0.3, -0.25) is 9.10 Å². The van der Waals surface area contributed by atoms with E-state index in [0.29, 0.717) is 5.56 Å². The number of nitrogens with zero attached hydrogens (tertiary/aromatic N) is 1. The number of benzene rings is 3. The molecule has 1 aliphatic heterocycles. The molecule has 1 heterocycles. The lowest BCUT2D eigenvalue weighted by Crippen LogP contribution is -2.43. The molecule has 1 atom stereocenters. The molecule has 0 radical (unpaired) electrons. The number of halogens is 5. The second kappa shape index (κ2) is 12.3. The Morgan fingerprint density at radius 1 is 1.07 bits per heavy atom. The third-order valence-electron chi connectivity index (χ3n) is 6.28. The van der Waals surface area contributed by atoms with Crippen molar-refractivity contribution in [3.05, 3.63) is 87.9 Å². The van der Waals surface area contributed by atoms with Crippen molar-refractivity contribution in [3.8, 4) is 5.75 Å². The van der Waals surface area contributed by atoms with E-state index < -0.39 is 40.5 Å². The maximum Gasteiger partial charge on any atom is 0.305 e. The van der Waals surface area contributed by atoms with E-state index in [0.717, 1.165) is 16.4 Å². The summed E-state index contributed by atoms with van der Waals surface area (Å²) in [5.41, 5.74) is -0.0434. The van der Waals surface area contributed by atoms with E-state index in [-0.39, 0.29) is 51.9 Å². The summed E-state index contributed by atoms with van der Waals surface area (Å²) in [6.07, 6.45) is -3.37. The van der Waals surface area contributed by atoms with E-state index in [1.54, 1.807) is 6.07 Å². The minimum absolute atomic E-state index is 0.0314. The van der Waals surface area contributed by atoms with Crippen LogP contribution < -0.4 is 9.04 Å². The summed E-state index contributed by atoms with van der Waals surface area (Å²) in [6.45, 7) is -0.210. The number of fused-ring (bicyclic) bond motifs is 1. The van der Waals surface area contributed by atoms with Crippen LogP contribution in [-0.2, 0) is 19.6 Å². The second-order valence-corrected chi connectivity index (χ2v) is 11.1. The highest BCUT2D eigenvalue weighted by molar-refractivity contribution is 7.92. The van der Waals surface area contributed by atoms with Crippen molar-refractivity contribution in [2.75, 3.05) is 18.0 Å². The zero-order chi connectivity index (χ0) is 29.0. The molecule has 6 nitrogen and oxygen atoms in total. The van der Waals surface area contributed by atoms with Gasteiger partial charge in [-0.25, -0.2) is 26.0 Å². The molecule has 0 fully saturated rings. The van der Waals surface area contributed by atoms with Gasteiger partial charge >= 0.3 is 5.97 Å². The fourth-order valence-corrected chi connectivity index (χ4v) is 6.03. The van der Waals surface area contributed by atoms with E-state index in [4.69, 9.17) is 16.3 Å². The van der Waals surface area contributed by atoms with Gasteiger partial charge in [-0.1, -0.05) is 54.1 Å². The van der Waals surface area contributed by atoms with Crippen LogP contribution in [0.4, 0.5) is 23.2 Å². The summed E-state index contributed by atoms with van der Waals surface area (Å²) in [5.74, 6) is -0.325. The van der Waals surface area contributed by atoms with Crippen molar-refractivity contribution >= 4 is 45.4 Å². The number of anilines is 1. The van der Waals surface area contributed by atoms with Crippen LogP contribution in [0.1, 0.15) is 47.9 Å². The van der Waals surface area contributed by atoms with E-state index >= 15 is 0 Å². The van der Waals surface area contributed by atoms with Crippen molar-refractivity contribution in [1.29, 1.82) is 0 Å². The molecule has 40 heavy (non-hydrogen) atoms. The largest absolute Gasteiger partial charge is 0.486 e. The van der Waals surface area contributed by atoms with Gasteiger partial charge in [0.1, 0.15) is 11.9 Å². The first kappa shape index (κ1) is 29.4. The number of hydrogen-bond acceptors (Lipinski definition) is 5. The number of esters is 1. The normalized spacial score (nSPS) is 15.4. The summed E-state index contributed by atoms with van der Waals surface area (Å²) in [6, 6.07) is 13.2. The SMILES string of the molecule is COC(=O)CCC1CN(S(=O)(=O)c2cccc(C(F)F)c2)c2cc(C=Cc3c(Cl)cccc3C(F)F)ccc2O1. The van der Waals surface area contributed by atoms with Gasteiger partial charge in [-0.2, -0.15) is 0 Å². The minimum Gasteiger partial charge on any atom is -0.486 e. The summed E-state index contributed by atoms with van der Waals surface area (Å²) >= 11 is 6.14. The smallest absolute Gasteiger partial charge is 0.305 e. The Labute approximate surface area is 233 Å². The minimum atomic E-state index is -4.36. The molecule has 0 bridgehead atoms. The molecule has 3 aromatic carbocycles. The zero-order valence-corrected chi connectivity index (χ0v) is 22.6. The van der Waals surface area contributed by atoms with Crippen molar-refractivity contribution in [2.45, 2.75) is 36.7 Å². The summed E-state index contributed by atoms with van der Waals surface area (Å²) in [4.78, 5) is 11.3. The number of methoxy groups -OCH3 is 1. The maximum absolute atomic E-state index is 13.7. The van der Waals surface area contributed by atoms with Gasteiger partial charge in [0.15, 0.2) is 0 Å². The highest BCUT2D eigenvalue weighted by atomic mass is 35.5. The van der Waals surface area contributed by atoms with E-state index in [1.807, 2.05) is 0 Å². The van der Waals surface area contributed by atoms with E-state index in [2.05, 4.69) is 4.74 Å². The standard InChI is InChI=1S/C28H24ClF4NO5S/c1-38-26(35)13-10-19-16-34(40(36,37)20-5-2-4-18(15-20)27(30)31)24-14-17(9-12-25(24)39-19)8-11-21-22(28(32)33)6-3-7-23(21)29/h2-9,11-12,14-15,19,27-28H,10,13,16H2,1H3. The quantitative estimate of drug-likeness (QED) is 0.147. The number of alkyl halides is 4. The number of sulfonamides is 1. The average molecular weight is 598 g/mol. The molecule has 0 N–H and O–H groups in total. The molecule has 12 heteroatoms. The molecule has 0 amide bonds. The van der Waals surface area contributed by atoms with Gasteiger partial charge in [-0.05, 0) is 42.3 Å². The number of hydrogen-bond donors (Lipinski definition) is 0. The molecule has 0 saturated carbocycles. The lowest BCUT2D eigenvalue weighted by atomic mass is 10.0. The third kappa shape index (κ3) is 6.42. The molecule has 0 aliphatic carbocycles. The number of ether oxygens (including phenoxy) is 2. The molecule has 0 saturated heterocycles. The average Bonchev–Trinajstić information content (AvgIpc) is 2.94. The van der Waals surface area contributed by atoms with Crippen LogP contribution in [0, 0.1) is 0 Å². The highest BCUT2D eigenvalue weighted by Crippen LogP contribution is 2.40. The topological polar surface area (TPSA) is 72.9 Å². The van der Waals surface area contributed by atoms with Crippen molar-refractivity contribution in [1.82, 2.24) is 0 Å². The Balaban J connectivity index is 1.75. The van der Waals surface area contributed by atoms with Crippen LogP contribution >= 0.6 is 11.6 Å². The molecule has 4 rings (SSSR count). The number of carbonyl (C=O) groups is 1. The molecule has 0 spiro atoms. The van der Waals surface area contributed by atoms with E-state index in [1.165, 1.54) is 61.7 Å². The van der Waals surface area contributed by atoms with Gasteiger partial charge in [-0.15, -0.1) is 0 Å². The Kier molecular flexibility index (Phi) is 9.05. The highest BCUT2D eigenvalue weighted by Gasteiger charge is 2.35. The third-order valence-corrected chi connectivity index (χ3v) is 8.38.